The summed E-state index contributed by atoms with van der Waals surface area (Å²) in [6.45, 7) is 3.45. The minimum atomic E-state index is -0.966. The molecule has 118 valence electrons. The van der Waals surface area contributed by atoms with Gasteiger partial charge in [-0.25, -0.2) is 4.79 Å². The van der Waals surface area contributed by atoms with Gasteiger partial charge in [-0.3, -0.25) is 9.59 Å². The molecule has 2 aliphatic heterocycles. The molecule has 0 radical (unpaired) electrons. The highest BCUT2D eigenvalue weighted by molar-refractivity contribution is 5.83. The molecule has 2 atom stereocenters. The standard InChI is InChI=1S/C13H21N3O5/c1-13(11(14)19)2-3-15(8-13)12(20)16-4-5-21-7-9(16)6-10(17)18/h9H,2-8H2,1H3,(H2,14,19)(H,17,18). The first-order valence-electron chi connectivity index (χ1n) is 6.98. The van der Waals surface area contributed by atoms with Crippen molar-refractivity contribution in [1.29, 1.82) is 0 Å². The number of carboxylic acid groups (broad SMARTS) is 1. The zero-order valence-electron chi connectivity index (χ0n) is 12.1. The molecule has 0 aromatic carbocycles. The number of nitrogens with zero attached hydrogens (tertiary/aromatic N) is 2. The number of nitrogens with two attached hydrogens (primary N) is 1. The summed E-state index contributed by atoms with van der Waals surface area (Å²) in [5.74, 6) is -1.38. The van der Waals surface area contributed by atoms with Crippen molar-refractivity contribution in [2.45, 2.75) is 25.8 Å². The average Bonchev–Trinajstić information content (AvgIpc) is 2.82. The molecular weight excluding hydrogens is 278 g/mol. The van der Waals surface area contributed by atoms with E-state index in [1.54, 1.807) is 11.8 Å². The van der Waals surface area contributed by atoms with Crippen molar-refractivity contribution in [1.82, 2.24) is 9.80 Å². The lowest BCUT2D eigenvalue weighted by Gasteiger charge is -2.37. The van der Waals surface area contributed by atoms with Crippen LogP contribution in [0.25, 0.3) is 0 Å². The highest BCUT2D eigenvalue weighted by Gasteiger charge is 2.43. The van der Waals surface area contributed by atoms with E-state index in [2.05, 4.69) is 0 Å². The fourth-order valence-electron chi connectivity index (χ4n) is 2.78. The van der Waals surface area contributed by atoms with Crippen LogP contribution in [0.2, 0.25) is 0 Å². The van der Waals surface area contributed by atoms with Gasteiger partial charge in [0.2, 0.25) is 5.91 Å². The van der Waals surface area contributed by atoms with Crippen LogP contribution in [-0.2, 0) is 14.3 Å². The second-order valence-electron chi connectivity index (χ2n) is 5.90. The maximum Gasteiger partial charge on any atom is 0.320 e. The zero-order chi connectivity index (χ0) is 15.6. The first-order valence-corrected chi connectivity index (χ1v) is 6.98. The third kappa shape index (κ3) is 3.26. The topological polar surface area (TPSA) is 113 Å². The van der Waals surface area contributed by atoms with Crippen LogP contribution in [0.4, 0.5) is 4.79 Å². The first kappa shape index (κ1) is 15.6. The number of aliphatic carboxylic acids is 1. The third-order valence-electron chi connectivity index (χ3n) is 4.22. The second kappa shape index (κ2) is 5.88. The number of primary amides is 1. The lowest BCUT2D eigenvalue weighted by atomic mass is 9.89. The first-order chi connectivity index (χ1) is 9.83. The van der Waals surface area contributed by atoms with Crippen LogP contribution < -0.4 is 5.73 Å². The number of urea groups is 1. The van der Waals surface area contributed by atoms with Gasteiger partial charge in [-0.05, 0) is 13.3 Å². The number of carboxylic acids is 1. The van der Waals surface area contributed by atoms with Crippen LogP contribution in [0.5, 0.6) is 0 Å². The summed E-state index contributed by atoms with van der Waals surface area (Å²) < 4.78 is 5.26. The molecule has 2 fully saturated rings. The van der Waals surface area contributed by atoms with Gasteiger partial charge in [-0.2, -0.15) is 0 Å². The van der Waals surface area contributed by atoms with E-state index in [1.807, 2.05) is 0 Å². The van der Waals surface area contributed by atoms with Gasteiger partial charge in [0.05, 0.1) is 31.1 Å². The molecule has 0 bridgehead atoms. The van der Waals surface area contributed by atoms with Crippen molar-refractivity contribution in [3.63, 3.8) is 0 Å². The van der Waals surface area contributed by atoms with E-state index in [0.717, 1.165) is 0 Å². The number of hydrogen-bond acceptors (Lipinski definition) is 4. The largest absolute Gasteiger partial charge is 0.481 e. The lowest BCUT2D eigenvalue weighted by molar-refractivity contribution is -0.139. The third-order valence-corrected chi connectivity index (χ3v) is 4.22. The van der Waals surface area contributed by atoms with E-state index in [0.29, 0.717) is 26.1 Å². The molecule has 3 amide bonds. The summed E-state index contributed by atoms with van der Waals surface area (Å²) in [7, 11) is 0. The fraction of sp³-hybridized carbons (Fsp3) is 0.769. The highest BCUT2D eigenvalue weighted by Crippen LogP contribution is 2.30. The Labute approximate surface area is 122 Å². The summed E-state index contributed by atoms with van der Waals surface area (Å²) >= 11 is 0. The molecule has 0 spiro atoms. The van der Waals surface area contributed by atoms with E-state index in [1.165, 1.54) is 4.90 Å². The fourth-order valence-corrected chi connectivity index (χ4v) is 2.78. The number of morpholine rings is 1. The predicted octanol–water partition coefficient (Wildman–Crippen LogP) is -0.521. The molecule has 2 unspecified atom stereocenters. The van der Waals surface area contributed by atoms with Crippen molar-refractivity contribution >= 4 is 17.9 Å². The molecule has 0 aromatic rings. The summed E-state index contributed by atoms with van der Waals surface area (Å²) in [4.78, 5) is 38.0. The molecule has 21 heavy (non-hydrogen) atoms. The number of carbonyl (C=O) groups is 3. The van der Waals surface area contributed by atoms with Gasteiger partial charge in [0.15, 0.2) is 0 Å². The van der Waals surface area contributed by atoms with E-state index < -0.39 is 23.3 Å². The molecule has 0 saturated carbocycles. The maximum absolute atomic E-state index is 12.6. The Morgan fingerprint density at radius 1 is 1.38 bits per heavy atom. The van der Waals surface area contributed by atoms with Gasteiger partial charge in [0, 0.05) is 19.6 Å². The van der Waals surface area contributed by atoms with Crippen molar-refractivity contribution in [2.75, 3.05) is 32.8 Å². The minimum absolute atomic E-state index is 0.146. The Bertz CT molecular complexity index is 455. The van der Waals surface area contributed by atoms with Crippen molar-refractivity contribution in [3.05, 3.63) is 0 Å². The Kier molecular flexibility index (Phi) is 4.36. The molecule has 0 aromatic heterocycles. The number of likely N-dealkylation sites (tertiary alicyclic amines) is 1. The highest BCUT2D eigenvalue weighted by atomic mass is 16.5. The van der Waals surface area contributed by atoms with E-state index in [-0.39, 0.29) is 25.6 Å². The maximum atomic E-state index is 12.6. The monoisotopic (exact) mass is 299 g/mol. The summed E-state index contributed by atoms with van der Waals surface area (Å²) in [6.07, 6.45) is 0.384. The SMILES string of the molecule is CC1(C(N)=O)CCN(C(=O)N2CCOCC2CC(=O)O)C1. The summed E-state index contributed by atoms with van der Waals surface area (Å²) in [5.41, 5.74) is 4.67. The predicted molar refractivity (Wildman–Crippen MR) is 72.5 cm³/mol. The van der Waals surface area contributed by atoms with Gasteiger partial charge in [0.25, 0.3) is 0 Å². The Morgan fingerprint density at radius 2 is 2.10 bits per heavy atom. The number of rotatable bonds is 3. The number of hydrogen-bond donors (Lipinski definition) is 2. The van der Waals surface area contributed by atoms with Crippen LogP contribution in [0.3, 0.4) is 0 Å². The van der Waals surface area contributed by atoms with Crippen molar-refractivity contribution < 1.29 is 24.2 Å². The van der Waals surface area contributed by atoms with E-state index in [9.17, 15) is 14.4 Å². The van der Waals surface area contributed by atoms with Crippen molar-refractivity contribution in [2.24, 2.45) is 11.1 Å². The Morgan fingerprint density at radius 3 is 2.67 bits per heavy atom. The number of carbonyl (C=O) groups excluding carboxylic acids is 2. The molecule has 2 saturated heterocycles. The van der Waals surface area contributed by atoms with Crippen LogP contribution in [-0.4, -0.2) is 71.7 Å². The minimum Gasteiger partial charge on any atom is -0.481 e. The second-order valence-corrected chi connectivity index (χ2v) is 5.90. The Hall–Kier alpha value is -1.83. The number of ether oxygens (including phenoxy) is 1. The van der Waals surface area contributed by atoms with Gasteiger partial charge in [-0.1, -0.05) is 0 Å². The van der Waals surface area contributed by atoms with Gasteiger partial charge in [-0.15, -0.1) is 0 Å². The molecule has 8 heteroatoms. The molecule has 0 aliphatic carbocycles. The summed E-state index contributed by atoms with van der Waals surface area (Å²) in [5, 5.41) is 8.92. The van der Waals surface area contributed by atoms with Crippen LogP contribution in [0.1, 0.15) is 19.8 Å². The molecule has 8 nitrogen and oxygen atoms in total. The molecule has 2 aliphatic rings. The molecule has 2 heterocycles. The van der Waals surface area contributed by atoms with Crippen LogP contribution >= 0.6 is 0 Å². The van der Waals surface area contributed by atoms with Crippen molar-refractivity contribution in [3.8, 4) is 0 Å². The van der Waals surface area contributed by atoms with Gasteiger partial charge in [0.1, 0.15) is 0 Å². The summed E-state index contributed by atoms with van der Waals surface area (Å²) in [6, 6.07) is -0.710. The molecule has 2 rings (SSSR count). The molecular formula is C13H21N3O5. The molecule has 3 N–H and O–H groups in total. The quantitative estimate of drug-likeness (QED) is 0.728. The van der Waals surface area contributed by atoms with Gasteiger partial charge >= 0.3 is 12.0 Å². The van der Waals surface area contributed by atoms with Crippen LogP contribution in [0.15, 0.2) is 0 Å². The average molecular weight is 299 g/mol. The van der Waals surface area contributed by atoms with E-state index in [4.69, 9.17) is 15.6 Å². The van der Waals surface area contributed by atoms with Crippen LogP contribution in [0, 0.1) is 5.41 Å². The normalized spacial score (nSPS) is 29.5. The lowest BCUT2D eigenvalue weighted by Crippen LogP contribution is -2.54. The van der Waals surface area contributed by atoms with E-state index >= 15 is 0 Å². The Balaban J connectivity index is 2.04. The number of amides is 3. The van der Waals surface area contributed by atoms with Gasteiger partial charge < -0.3 is 25.4 Å². The zero-order valence-corrected chi connectivity index (χ0v) is 12.1. The smallest absolute Gasteiger partial charge is 0.320 e.